The van der Waals surface area contributed by atoms with Crippen LogP contribution in [0.1, 0.15) is 103 Å². The average Bonchev–Trinajstić information content (AvgIpc) is 3.72. The number of carbonyl (C=O) groups is 4. The number of fused-ring (bicyclic) bond motifs is 6. The van der Waals surface area contributed by atoms with E-state index in [0.717, 1.165) is 48.1 Å². The number of rotatable bonds is 9. The Balaban J connectivity index is 1.06. The molecule has 4 amide bonds. The summed E-state index contributed by atoms with van der Waals surface area (Å²) in [6.45, 7) is 1.42. The number of alkyl carbamates (subject to hydrolysis) is 1. The molecule has 16 nitrogen and oxygen atoms in total. The van der Waals surface area contributed by atoms with Crippen LogP contribution in [0.25, 0.3) is 33.5 Å². The number of halogens is 3. The van der Waals surface area contributed by atoms with E-state index in [4.69, 9.17) is 18.9 Å². The van der Waals surface area contributed by atoms with E-state index in [1.54, 1.807) is 31.2 Å². The largest absolute Gasteiger partial charge is 0.573 e. The van der Waals surface area contributed by atoms with Crippen molar-refractivity contribution >= 4 is 55.9 Å². The maximum atomic E-state index is 14.9. The molecule has 2 aliphatic heterocycles. The summed E-state index contributed by atoms with van der Waals surface area (Å²) < 4.78 is 88.1. The van der Waals surface area contributed by atoms with Gasteiger partial charge in [0.05, 0.1) is 6.54 Å². The van der Waals surface area contributed by atoms with Gasteiger partial charge in [0.25, 0.3) is 5.88 Å². The van der Waals surface area contributed by atoms with Crippen molar-refractivity contribution in [2.24, 2.45) is 0 Å². The van der Waals surface area contributed by atoms with Gasteiger partial charge in [0.1, 0.15) is 45.9 Å². The molecule has 1 saturated heterocycles. The number of carbonyl (C=O) groups excluding carboxylic acids is 4. The second-order valence-corrected chi connectivity index (χ2v) is 20.7. The zero-order valence-electron chi connectivity index (χ0n) is 36.4. The number of para-hydroxylation sites is 1. The highest BCUT2D eigenvalue weighted by Crippen LogP contribution is 2.42. The number of allylic oxidation sites excluding steroid dienone is 1. The number of amides is 4. The molecule has 66 heavy (non-hydrogen) atoms. The third-order valence-electron chi connectivity index (χ3n) is 13.6. The highest BCUT2D eigenvalue weighted by atomic mass is 32.2. The lowest BCUT2D eigenvalue weighted by atomic mass is 9.95. The Morgan fingerprint density at radius 2 is 1.70 bits per heavy atom. The molecule has 4 heterocycles. The van der Waals surface area contributed by atoms with Crippen molar-refractivity contribution < 1.29 is 64.1 Å². The van der Waals surface area contributed by atoms with E-state index >= 15 is 0 Å². The van der Waals surface area contributed by atoms with Crippen molar-refractivity contribution in [3.8, 4) is 23.0 Å². The molecule has 2 aromatic carbocycles. The van der Waals surface area contributed by atoms with E-state index in [-0.39, 0.29) is 55.6 Å². The SMILES string of the molecule is CC1(S(=O)(=O)[NH2+]C(=O)[C@]23CC/C(=C/CCCCC[C@H](NC(=O)OC4CCCC4)C(=O)N4C[C@H](Oc5nc(-c6ccc(OC(F)(F)F)cc6)nc6c5oc5ccccc56)C[C@H]4C(=O)N2)C3)CC1. The Kier molecular flexibility index (Phi) is 12.2. The minimum atomic E-state index is -4.90. The third kappa shape index (κ3) is 9.57. The fraction of sp³-hybridized carbons (Fsp3) is 0.522. The van der Waals surface area contributed by atoms with Gasteiger partial charge in [0.15, 0.2) is 11.4 Å². The zero-order valence-corrected chi connectivity index (χ0v) is 37.2. The van der Waals surface area contributed by atoms with Gasteiger partial charge in [0, 0.05) is 23.8 Å². The summed E-state index contributed by atoms with van der Waals surface area (Å²) >= 11 is 0. The van der Waals surface area contributed by atoms with Crippen LogP contribution in [0.3, 0.4) is 0 Å². The molecule has 4 fully saturated rings. The maximum absolute atomic E-state index is 14.9. The van der Waals surface area contributed by atoms with Gasteiger partial charge >= 0.3 is 28.4 Å². The number of furan rings is 1. The Bertz CT molecular complexity index is 2680. The van der Waals surface area contributed by atoms with Crippen molar-refractivity contribution in [3.05, 3.63) is 60.2 Å². The van der Waals surface area contributed by atoms with Crippen LogP contribution in [0.4, 0.5) is 18.0 Å². The van der Waals surface area contributed by atoms with E-state index < -0.39 is 74.4 Å². The summed E-state index contributed by atoms with van der Waals surface area (Å²) in [5, 5.41) is 6.34. The molecule has 9 rings (SSSR count). The quantitative estimate of drug-likeness (QED) is 0.160. The molecule has 20 heteroatoms. The number of benzene rings is 2. The first-order valence-corrected chi connectivity index (χ1v) is 24.2. The van der Waals surface area contributed by atoms with Crippen LogP contribution in [0.15, 0.2) is 64.6 Å². The van der Waals surface area contributed by atoms with Gasteiger partial charge < -0.3 is 34.2 Å². The van der Waals surface area contributed by atoms with Gasteiger partial charge in [-0.1, -0.05) is 36.6 Å². The molecule has 4 atom stereocenters. The summed E-state index contributed by atoms with van der Waals surface area (Å²) in [6, 6.07) is 9.68. The number of quaternary nitrogens is 1. The monoisotopic (exact) mass is 937 g/mol. The predicted octanol–water partition coefficient (Wildman–Crippen LogP) is 6.23. The second kappa shape index (κ2) is 17.8. The molecule has 3 aliphatic carbocycles. The predicted molar refractivity (Wildman–Crippen MR) is 231 cm³/mol. The molecule has 5 aliphatic rings. The smallest absolute Gasteiger partial charge is 0.470 e. The van der Waals surface area contributed by atoms with Crippen molar-refractivity contribution in [1.29, 1.82) is 0 Å². The van der Waals surface area contributed by atoms with Gasteiger partial charge in [0.2, 0.25) is 17.4 Å². The van der Waals surface area contributed by atoms with E-state index in [1.165, 1.54) is 17.0 Å². The minimum absolute atomic E-state index is 0.0668. The molecule has 0 radical (unpaired) electrons. The number of sulfonamides is 1. The molecule has 3 saturated carbocycles. The third-order valence-corrected chi connectivity index (χ3v) is 15.9. The topological polar surface area (TPSA) is 213 Å². The van der Waals surface area contributed by atoms with E-state index in [2.05, 4.69) is 20.4 Å². The van der Waals surface area contributed by atoms with E-state index in [0.29, 0.717) is 67.0 Å². The van der Waals surface area contributed by atoms with E-state index in [1.807, 2.05) is 6.08 Å². The van der Waals surface area contributed by atoms with E-state index in [9.17, 15) is 40.8 Å². The molecule has 352 valence electrons. The number of alkyl halides is 3. The maximum Gasteiger partial charge on any atom is 0.573 e. The molecule has 2 bridgehead atoms. The number of aromatic nitrogens is 2. The van der Waals surface area contributed by atoms with Crippen LogP contribution in [-0.2, 0) is 29.1 Å². The molecule has 4 aromatic rings. The molecule has 0 unspecified atom stereocenters. The summed E-state index contributed by atoms with van der Waals surface area (Å²) in [6.07, 6.45) is 2.90. The Morgan fingerprint density at radius 1 is 0.955 bits per heavy atom. The fourth-order valence-corrected chi connectivity index (χ4v) is 11.0. The van der Waals surface area contributed by atoms with Crippen molar-refractivity contribution in [2.45, 2.75) is 144 Å². The second-order valence-electron chi connectivity index (χ2n) is 18.4. The first kappa shape index (κ1) is 45.4. The van der Waals surface area contributed by atoms with Crippen LogP contribution in [0.2, 0.25) is 0 Å². The van der Waals surface area contributed by atoms with Crippen LogP contribution < -0.4 is 24.8 Å². The lowest BCUT2D eigenvalue weighted by Gasteiger charge is -2.32. The summed E-state index contributed by atoms with van der Waals surface area (Å²) in [4.78, 5) is 68.0. The van der Waals surface area contributed by atoms with Gasteiger partial charge in [-0.2, -0.15) is 18.1 Å². The molecule has 4 N–H and O–H groups in total. The first-order valence-electron chi connectivity index (χ1n) is 22.6. The Hall–Kier alpha value is -5.76. The lowest BCUT2D eigenvalue weighted by molar-refractivity contribution is -0.420. The number of ether oxygens (including phenoxy) is 3. The Labute approximate surface area is 378 Å². The minimum Gasteiger partial charge on any atom is -0.470 e. The number of hydrogen-bond donors (Lipinski definition) is 3. The number of nitrogens with one attached hydrogen (secondary N) is 2. The standard InChI is InChI=1S/C46H51F3N6O10S/c1-44(22-23-44)66(60,61)54-42(58)45-21-20-27(25-45)10-4-2-3-5-14-33(50-43(59)63-29-11-6-7-12-29)41(57)55-26-31(24-34(55)39(56)53-45)62-40-37-36(32-13-8-9-15-35(32)64-37)51-38(52-40)28-16-18-30(19-17-28)65-46(47,48)49/h8-10,13,15-19,29,31,33-34H,2-7,11-12,14,20-26H2,1H3,(H,50,59)(H,53,56)(H,54,58)/p+1/b27-10-/t31-,33+,34+,45-/m1/s1. The van der Waals surface area contributed by atoms with Gasteiger partial charge in [-0.3, -0.25) is 9.59 Å². The first-order chi connectivity index (χ1) is 31.5. The van der Waals surface area contributed by atoms with Crippen LogP contribution in [0, 0.1) is 0 Å². The Morgan fingerprint density at radius 3 is 2.44 bits per heavy atom. The van der Waals surface area contributed by atoms with Gasteiger partial charge in [-0.05, 0) is 114 Å². The van der Waals surface area contributed by atoms with Crippen molar-refractivity contribution in [1.82, 2.24) is 25.5 Å². The van der Waals surface area contributed by atoms with Gasteiger partial charge in [-0.25, -0.2) is 14.6 Å². The molecule has 0 spiro atoms. The molecule has 2 aromatic heterocycles. The molecular weight excluding hydrogens is 886 g/mol. The highest BCUT2D eigenvalue weighted by Gasteiger charge is 2.58. The molecular formula is C46H52F3N6O10S+. The number of nitrogens with zero attached hydrogens (tertiary/aromatic N) is 3. The summed E-state index contributed by atoms with van der Waals surface area (Å²) in [7, 11) is -3.96. The number of primary sulfonamides is 1. The van der Waals surface area contributed by atoms with Crippen molar-refractivity contribution in [3.63, 3.8) is 0 Å². The summed E-state index contributed by atoms with van der Waals surface area (Å²) in [5.41, 5.74) is 0.573. The number of hydrogen-bond acceptors (Lipinski definition) is 12. The van der Waals surface area contributed by atoms with Crippen LogP contribution in [-0.4, -0.2) is 94.6 Å². The number of primary amides is 1. The van der Waals surface area contributed by atoms with Crippen LogP contribution >= 0.6 is 0 Å². The lowest BCUT2D eigenvalue weighted by Crippen LogP contribution is -2.97. The number of nitrogens with two attached hydrogens (primary N) is 1. The normalized spacial score (nSPS) is 25.9. The van der Waals surface area contributed by atoms with Gasteiger partial charge in [-0.15, -0.1) is 13.2 Å². The van der Waals surface area contributed by atoms with Crippen LogP contribution in [0.5, 0.6) is 11.6 Å². The highest BCUT2D eigenvalue weighted by molar-refractivity contribution is 7.86. The van der Waals surface area contributed by atoms with Crippen molar-refractivity contribution in [2.75, 3.05) is 6.54 Å². The fourth-order valence-electron chi connectivity index (χ4n) is 9.55. The summed E-state index contributed by atoms with van der Waals surface area (Å²) in [5.74, 6) is -2.44. The zero-order chi connectivity index (χ0) is 46.4. The average molecular weight is 938 g/mol.